The standard InChI is InChI=1S/C15H31N3O2/c1-12-10-17(14(19)16-15(3,4)5)11-13(2)18(12)8-7-9-20-6/h12-13H,7-11H2,1-6H3,(H,16,19). The van der Waals surface area contributed by atoms with E-state index in [1.165, 1.54) is 0 Å². The zero-order valence-corrected chi connectivity index (χ0v) is 13.9. The highest BCUT2D eigenvalue weighted by molar-refractivity contribution is 5.75. The molecule has 118 valence electrons. The van der Waals surface area contributed by atoms with Gasteiger partial charge in [0.05, 0.1) is 0 Å². The molecule has 2 amide bonds. The van der Waals surface area contributed by atoms with Crippen LogP contribution < -0.4 is 5.32 Å². The molecule has 20 heavy (non-hydrogen) atoms. The highest BCUT2D eigenvalue weighted by Gasteiger charge is 2.32. The molecule has 1 N–H and O–H groups in total. The van der Waals surface area contributed by atoms with Crippen molar-refractivity contribution in [2.75, 3.05) is 33.4 Å². The van der Waals surface area contributed by atoms with Gasteiger partial charge in [-0.3, -0.25) is 4.90 Å². The van der Waals surface area contributed by atoms with E-state index in [4.69, 9.17) is 4.74 Å². The van der Waals surface area contributed by atoms with Crippen molar-refractivity contribution < 1.29 is 9.53 Å². The molecule has 0 aromatic carbocycles. The molecule has 0 radical (unpaired) electrons. The second-order valence-corrected chi connectivity index (χ2v) is 6.87. The first-order valence-electron chi connectivity index (χ1n) is 7.56. The molecule has 1 heterocycles. The summed E-state index contributed by atoms with van der Waals surface area (Å²) in [5, 5.41) is 3.05. The summed E-state index contributed by atoms with van der Waals surface area (Å²) in [5.74, 6) is 0. The predicted molar refractivity (Wildman–Crippen MR) is 82.0 cm³/mol. The minimum atomic E-state index is -0.181. The summed E-state index contributed by atoms with van der Waals surface area (Å²) in [5.41, 5.74) is -0.181. The average molecular weight is 285 g/mol. The van der Waals surface area contributed by atoms with Crippen molar-refractivity contribution in [3.63, 3.8) is 0 Å². The Morgan fingerprint density at radius 1 is 1.25 bits per heavy atom. The maximum Gasteiger partial charge on any atom is 0.317 e. The van der Waals surface area contributed by atoms with Crippen molar-refractivity contribution >= 4 is 6.03 Å². The molecule has 1 saturated heterocycles. The van der Waals surface area contributed by atoms with Gasteiger partial charge >= 0.3 is 6.03 Å². The lowest BCUT2D eigenvalue weighted by molar-refractivity contribution is 0.0466. The summed E-state index contributed by atoms with van der Waals surface area (Å²) >= 11 is 0. The predicted octanol–water partition coefficient (Wildman–Crippen LogP) is 1.93. The molecule has 2 atom stereocenters. The lowest BCUT2D eigenvalue weighted by atomic mass is 10.1. The van der Waals surface area contributed by atoms with Gasteiger partial charge in [-0.15, -0.1) is 0 Å². The largest absolute Gasteiger partial charge is 0.385 e. The Bertz CT molecular complexity index is 303. The third kappa shape index (κ3) is 5.29. The lowest BCUT2D eigenvalue weighted by Crippen LogP contribution is -2.61. The highest BCUT2D eigenvalue weighted by atomic mass is 16.5. The third-order valence-corrected chi connectivity index (χ3v) is 3.64. The summed E-state index contributed by atoms with van der Waals surface area (Å²) < 4.78 is 5.12. The van der Waals surface area contributed by atoms with Gasteiger partial charge in [-0.2, -0.15) is 0 Å². The van der Waals surface area contributed by atoms with Crippen molar-refractivity contribution in [1.82, 2.24) is 15.1 Å². The monoisotopic (exact) mass is 285 g/mol. The number of methoxy groups -OCH3 is 1. The van der Waals surface area contributed by atoms with Crippen LogP contribution in [-0.4, -0.2) is 66.8 Å². The molecular weight excluding hydrogens is 254 g/mol. The minimum Gasteiger partial charge on any atom is -0.385 e. The van der Waals surface area contributed by atoms with Crippen LogP contribution >= 0.6 is 0 Å². The Hall–Kier alpha value is -0.810. The lowest BCUT2D eigenvalue weighted by Gasteiger charge is -2.45. The fourth-order valence-electron chi connectivity index (χ4n) is 2.75. The zero-order valence-electron chi connectivity index (χ0n) is 13.9. The zero-order chi connectivity index (χ0) is 15.3. The molecule has 0 aromatic rings. The maximum absolute atomic E-state index is 12.2. The van der Waals surface area contributed by atoms with Gasteiger partial charge in [0.1, 0.15) is 0 Å². The normalized spacial score (nSPS) is 24.8. The minimum absolute atomic E-state index is 0.0488. The van der Waals surface area contributed by atoms with Gasteiger partial charge in [0.2, 0.25) is 0 Å². The van der Waals surface area contributed by atoms with E-state index in [0.29, 0.717) is 12.1 Å². The van der Waals surface area contributed by atoms with Crippen LogP contribution in [-0.2, 0) is 4.74 Å². The molecule has 0 aromatic heterocycles. The number of urea groups is 1. The number of carbonyl (C=O) groups is 1. The average Bonchev–Trinajstić information content (AvgIpc) is 2.30. The van der Waals surface area contributed by atoms with Gasteiger partial charge in [0, 0.05) is 51.0 Å². The summed E-state index contributed by atoms with van der Waals surface area (Å²) in [6.45, 7) is 13.8. The van der Waals surface area contributed by atoms with Crippen LogP contribution in [0.2, 0.25) is 0 Å². The van der Waals surface area contributed by atoms with Crippen LogP contribution in [0.3, 0.4) is 0 Å². The Morgan fingerprint density at radius 3 is 2.25 bits per heavy atom. The number of hydrogen-bond acceptors (Lipinski definition) is 3. The molecule has 0 bridgehead atoms. The fourth-order valence-corrected chi connectivity index (χ4v) is 2.75. The van der Waals surface area contributed by atoms with Crippen LogP contribution in [0.25, 0.3) is 0 Å². The molecule has 1 fully saturated rings. The Kier molecular flexibility index (Phi) is 6.27. The molecule has 0 saturated carbocycles. The molecule has 1 aliphatic rings. The van der Waals surface area contributed by atoms with Crippen molar-refractivity contribution in [1.29, 1.82) is 0 Å². The first-order valence-corrected chi connectivity index (χ1v) is 7.56. The van der Waals surface area contributed by atoms with Crippen molar-refractivity contribution in [2.45, 2.75) is 58.7 Å². The van der Waals surface area contributed by atoms with E-state index < -0.39 is 0 Å². The number of piperazine rings is 1. The van der Waals surface area contributed by atoms with Crippen molar-refractivity contribution in [3.8, 4) is 0 Å². The van der Waals surface area contributed by atoms with Gasteiger partial charge in [-0.1, -0.05) is 0 Å². The van der Waals surface area contributed by atoms with Gasteiger partial charge < -0.3 is 15.0 Å². The smallest absolute Gasteiger partial charge is 0.317 e. The van der Waals surface area contributed by atoms with Crippen LogP contribution in [0, 0.1) is 0 Å². The van der Waals surface area contributed by atoms with E-state index in [0.717, 1.165) is 32.7 Å². The van der Waals surface area contributed by atoms with Crippen molar-refractivity contribution in [3.05, 3.63) is 0 Å². The van der Waals surface area contributed by atoms with E-state index in [2.05, 4.69) is 24.1 Å². The van der Waals surface area contributed by atoms with Gasteiger partial charge in [-0.25, -0.2) is 4.79 Å². The molecule has 0 spiro atoms. The number of nitrogens with one attached hydrogen (secondary N) is 1. The van der Waals surface area contributed by atoms with Gasteiger partial charge in [0.25, 0.3) is 0 Å². The van der Waals surface area contributed by atoms with Crippen molar-refractivity contribution in [2.24, 2.45) is 0 Å². The van der Waals surface area contributed by atoms with E-state index in [-0.39, 0.29) is 11.6 Å². The third-order valence-electron chi connectivity index (χ3n) is 3.64. The highest BCUT2D eigenvalue weighted by Crippen LogP contribution is 2.16. The van der Waals surface area contributed by atoms with Crippen LogP contribution in [0.15, 0.2) is 0 Å². The molecule has 0 aliphatic carbocycles. The van der Waals surface area contributed by atoms with E-state index in [9.17, 15) is 4.79 Å². The molecule has 1 rings (SSSR count). The fraction of sp³-hybridized carbons (Fsp3) is 0.933. The van der Waals surface area contributed by atoms with E-state index >= 15 is 0 Å². The molecule has 5 nitrogen and oxygen atoms in total. The molecule has 1 aliphatic heterocycles. The maximum atomic E-state index is 12.2. The molecular formula is C15H31N3O2. The van der Waals surface area contributed by atoms with Crippen LogP contribution in [0.5, 0.6) is 0 Å². The number of nitrogens with zero attached hydrogens (tertiary/aromatic N) is 2. The van der Waals surface area contributed by atoms with Crippen LogP contribution in [0.1, 0.15) is 41.0 Å². The number of amides is 2. The number of hydrogen-bond donors (Lipinski definition) is 1. The quantitative estimate of drug-likeness (QED) is 0.803. The van der Waals surface area contributed by atoms with Gasteiger partial charge in [0.15, 0.2) is 0 Å². The van der Waals surface area contributed by atoms with Gasteiger partial charge in [-0.05, 0) is 41.0 Å². The van der Waals surface area contributed by atoms with E-state index in [1.807, 2.05) is 25.7 Å². The molecule has 5 heteroatoms. The Labute approximate surface area is 123 Å². The summed E-state index contributed by atoms with van der Waals surface area (Å²) in [6.07, 6.45) is 1.04. The Morgan fingerprint density at radius 2 is 1.80 bits per heavy atom. The Balaban J connectivity index is 2.52. The summed E-state index contributed by atoms with van der Waals surface area (Å²) in [6, 6.07) is 0.829. The number of ether oxygens (including phenoxy) is 1. The topological polar surface area (TPSA) is 44.8 Å². The number of carbonyl (C=O) groups excluding carboxylic acids is 1. The first-order chi connectivity index (χ1) is 9.24. The van der Waals surface area contributed by atoms with Crippen LogP contribution in [0.4, 0.5) is 4.79 Å². The SMILES string of the molecule is COCCCN1C(C)CN(C(=O)NC(C)(C)C)CC1C. The van der Waals surface area contributed by atoms with E-state index in [1.54, 1.807) is 7.11 Å². The second kappa shape index (κ2) is 7.27. The second-order valence-electron chi connectivity index (χ2n) is 6.87. The summed E-state index contributed by atoms with van der Waals surface area (Å²) in [4.78, 5) is 16.7. The summed E-state index contributed by atoms with van der Waals surface area (Å²) in [7, 11) is 1.74. The number of rotatable bonds is 4. The molecule has 2 unspecified atom stereocenters. The first kappa shape index (κ1) is 17.2.